The van der Waals surface area contributed by atoms with Gasteiger partial charge in [0.15, 0.2) is 11.7 Å². The lowest BCUT2D eigenvalue weighted by Gasteiger charge is -2.35. The van der Waals surface area contributed by atoms with Crippen LogP contribution in [-0.4, -0.2) is 62.1 Å². The van der Waals surface area contributed by atoms with Crippen LogP contribution in [0.3, 0.4) is 0 Å². The van der Waals surface area contributed by atoms with Crippen LogP contribution in [0.1, 0.15) is 37.2 Å². The molecular formula is C17H30IN5O2. The summed E-state index contributed by atoms with van der Waals surface area (Å²) in [5.41, 5.74) is 0. The molecule has 25 heavy (non-hydrogen) atoms. The first-order valence-electron chi connectivity index (χ1n) is 8.63. The average molecular weight is 463 g/mol. The number of nitrogens with one attached hydrogen (secondary N) is 3. The normalized spacial score (nSPS) is 16.4. The van der Waals surface area contributed by atoms with Gasteiger partial charge in [-0.3, -0.25) is 9.79 Å². The predicted molar refractivity (Wildman–Crippen MR) is 111 cm³/mol. The molecule has 2 heterocycles. The molecule has 0 saturated carbocycles. The number of halogens is 1. The topological polar surface area (TPSA) is 81.9 Å². The van der Waals surface area contributed by atoms with Crippen LogP contribution in [-0.2, 0) is 0 Å². The summed E-state index contributed by atoms with van der Waals surface area (Å²) in [6.45, 7) is 7.83. The van der Waals surface area contributed by atoms with Crippen molar-refractivity contribution in [1.29, 1.82) is 0 Å². The van der Waals surface area contributed by atoms with Gasteiger partial charge >= 0.3 is 0 Å². The number of guanidine groups is 1. The Balaban J connectivity index is 0.00000312. The highest BCUT2D eigenvalue weighted by atomic mass is 127. The molecule has 0 spiro atoms. The fraction of sp³-hybridized carbons (Fsp3) is 0.647. The number of furan rings is 1. The Kier molecular flexibility index (Phi) is 9.88. The fourth-order valence-electron chi connectivity index (χ4n) is 2.80. The van der Waals surface area contributed by atoms with Crippen molar-refractivity contribution in [3.63, 3.8) is 0 Å². The van der Waals surface area contributed by atoms with E-state index in [9.17, 15) is 4.79 Å². The van der Waals surface area contributed by atoms with E-state index >= 15 is 0 Å². The van der Waals surface area contributed by atoms with E-state index in [0.29, 0.717) is 30.9 Å². The van der Waals surface area contributed by atoms with Crippen LogP contribution in [0.2, 0.25) is 0 Å². The molecule has 1 saturated heterocycles. The van der Waals surface area contributed by atoms with E-state index in [1.165, 1.54) is 6.26 Å². The molecule has 1 aromatic rings. The number of carbonyl (C=O) groups excluding carboxylic acids is 1. The van der Waals surface area contributed by atoms with Gasteiger partial charge in [0, 0.05) is 45.3 Å². The molecule has 0 bridgehead atoms. The van der Waals surface area contributed by atoms with Gasteiger partial charge in [-0.15, -0.1) is 24.0 Å². The van der Waals surface area contributed by atoms with Crippen molar-refractivity contribution in [1.82, 2.24) is 20.9 Å². The zero-order valence-corrected chi connectivity index (χ0v) is 17.6. The first-order valence-corrected chi connectivity index (χ1v) is 8.63. The summed E-state index contributed by atoms with van der Waals surface area (Å²) >= 11 is 0. The van der Waals surface area contributed by atoms with Crippen molar-refractivity contribution in [2.45, 2.75) is 38.8 Å². The van der Waals surface area contributed by atoms with Gasteiger partial charge in [-0.2, -0.15) is 0 Å². The molecule has 7 nitrogen and oxygen atoms in total. The van der Waals surface area contributed by atoms with E-state index in [0.717, 1.165) is 31.9 Å². The van der Waals surface area contributed by atoms with Gasteiger partial charge in [0.05, 0.1) is 6.26 Å². The molecule has 1 aliphatic heterocycles. The Bertz CT molecular complexity index is 525. The molecule has 142 valence electrons. The van der Waals surface area contributed by atoms with E-state index in [1.54, 1.807) is 19.2 Å². The number of hydrogen-bond acceptors (Lipinski definition) is 4. The number of rotatable bonds is 6. The van der Waals surface area contributed by atoms with Crippen molar-refractivity contribution in [2.24, 2.45) is 4.99 Å². The van der Waals surface area contributed by atoms with Crippen molar-refractivity contribution in [3.8, 4) is 0 Å². The summed E-state index contributed by atoms with van der Waals surface area (Å²) in [5, 5.41) is 9.49. The number of carbonyl (C=O) groups is 1. The summed E-state index contributed by atoms with van der Waals surface area (Å²) < 4.78 is 5.05. The second kappa shape index (κ2) is 11.3. The lowest BCUT2D eigenvalue weighted by Crippen LogP contribution is -2.50. The zero-order chi connectivity index (χ0) is 17.4. The van der Waals surface area contributed by atoms with Crippen molar-refractivity contribution in [2.75, 3.05) is 33.2 Å². The van der Waals surface area contributed by atoms with Crippen molar-refractivity contribution < 1.29 is 9.21 Å². The van der Waals surface area contributed by atoms with Crippen molar-refractivity contribution >= 4 is 35.8 Å². The Morgan fingerprint density at radius 2 is 2.00 bits per heavy atom. The summed E-state index contributed by atoms with van der Waals surface area (Å²) in [7, 11) is 1.76. The molecule has 8 heteroatoms. The van der Waals surface area contributed by atoms with Gasteiger partial charge in [-0.1, -0.05) is 0 Å². The number of hydrogen-bond donors (Lipinski definition) is 3. The Morgan fingerprint density at radius 3 is 2.56 bits per heavy atom. The van der Waals surface area contributed by atoms with Crippen LogP contribution in [0.4, 0.5) is 0 Å². The highest BCUT2D eigenvalue weighted by Gasteiger charge is 2.21. The third-order valence-electron chi connectivity index (χ3n) is 4.27. The van der Waals surface area contributed by atoms with Crippen LogP contribution in [0, 0.1) is 0 Å². The van der Waals surface area contributed by atoms with Gasteiger partial charge in [0.25, 0.3) is 5.91 Å². The maximum atomic E-state index is 11.7. The van der Waals surface area contributed by atoms with E-state index in [-0.39, 0.29) is 29.9 Å². The molecule has 1 amide bonds. The molecule has 0 radical (unpaired) electrons. The van der Waals surface area contributed by atoms with Crippen molar-refractivity contribution in [3.05, 3.63) is 24.2 Å². The number of amides is 1. The first kappa shape index (κ1) is 21.8. The molecule has 3 N–H and O–H groups in total. The minimum atomic E-state index is -0.203. The molecule has 1 aliphatic rings. The highest BCUT2D eigenvalue weighted by Crippen LogP contribution is 2.12. The summed E-state index contributed by atoms with van der Waals surface area (Å²) in [6.07, 6.45) is 3.73. The highest BCUT2D eigenvalue weighted by molar-refractivity contribution is 14.0. The molecule has 0 aliphatic carbocycles. The standard InChI is InChI=1S/C17H29N5O2.HI/c1-13(2)22-10-6-14(7-11-22)21-17(18-3)20-9-8-19-16(23)15-5-4-12-24-15;/h4-5,12-14H,6-11H2,1-3H3,(H,19,23)(H2,18,20,21);1H. The van der Waals surface area contributed by atoms with Gasteiger partial charge in [-0.25, -0.2) is 0 Å². The number of likely N-dealkylation sites (tertiary alicyclic amines) is 1. The SMILES string of the molecule is CN=C(NCCNC(=O)c1ccco1)NC1CCN(C(C)C)CC1.I. The second-order valence-electron chi connectivity index (χ2n) is 6.28. The number of nitrogens with zero attached hydrogens (tertiary/aromatic N) is 2. The van der Waals surface area contributed by atoms with E-state index < -0.39 is 0 Å². The average Bonchev–Trinajstić information content (AvgIpc) is 3.12. The summed E-state index contributed by atoms with van der Waals surface area (Å²) in [5.74, 6) is 0.908. The van der Waals surface area contributed by atoms with Gasteiger partial charge in [0.1, 0.15) is 0 Å². The minimum Gasteiger partial charge on any atom is -0.459 e. The predicted octanol–water partition coefficient (Wildman–Crippen LogP) is 1.67. The monoisotopic (exact) mass is 463 g/mol. The summed E-state index contributed by atoms with van der Waals surface area (Å²) in [4.78, 5) is 18.5. The van der Waals surface area contributed by atoms with Gasteiger partial charge in [0.2, 0.25) is 0 Å². The molecule has 0 atom stereocenters. The molecule has 1 aromatic heterocycles. The van der Waals surface area contributed by atoms with Crippen LogP contribution in [0.5, 0.6) is 0 Å². The largest absolute Gasteiger partial charge is 0.459 e. The quantitative estimate of drug-likeness (QED) is 0.259. The maximum Gasteiger partial charge on any atom is 0.287 e. The van der Waals surface area contributed by atoms with E-state index in [2.05, 4.69) is 39.7 Å². The third-order valence-corrected chi connectivity index (χ3v) is 4.27. The fourth-order valence-corrected chi connectivity index (χ4v) is 2.80. The molecule has 0 aromatic carbocycles. The lowest BCUT2D eigenvalue weighted by molar-refractivity contribution is 0.0926. The van der Waals surface area contributed by atoms with E-state index in [1.807, 2.05) is 0 Å². The number of aliphatic imine (C=N–C) groups is 1. The van der Waals surface area contributed by atoms with Crippen LogP contribution < -0.4 is 16.0 Å². The van der Waals surface area contributed by atoms with Crippen LogP contribution in [0.15, 0.2) is 27.8 Å². The zero-order valence-electron chi connectivity index (χ0n) is 15.2. The smallest absolute Gasteiger partial charge is 0.287 e. The molecule has 0 unspecified atom stereocenters. The van der Waals surface area contributed by atoms with Crippen LogP contribution in [0.25, 0.3) is 0 Å². The number of piperidine rings is 1. The minimum absolute atomic E-state index is 0. The Morgan fingerprint density at radius 1 is 1.32 bits per heavy atom. The second-order valence-corrected chi connectivity index (χ2v) is 6.28. The van der Waals surface area contributed by atoms with Gasteiger partial charge < -0.3 is 25.3 Å². The lowest BCUT2D eigenvalue weighted by atomic mass is 10.0. The van der Waals surface area contributed by atoms with Gasteiger partial charge in [-0.05, 0) is 38.8 Å². The summed E-state index contributed by atoms with van der Waals surface area (Å²) in [6, 6.07) is 4.40. The molecule has 1 fully saturated rings. The van der Waals surface area contributed by atoms with E-state index in [4.69, 9.17) is 4.42 Å². The first-order chi connectivity index (χ1) is 11.6. The molecular weight excluding hydrogens is 433 g/mol. The molecule has 2 rings (SSSR count). The Hall–Kier alpha value is -1.29. The third kappa shape index (κ3) is 7.23. The van der Waals surface area contributed by atoms with Crippen LogP contribution >= 0.6 is 24.0 Å². The maximum absolute atomic E-state index is 11.7. The Labute approximate surface area is 167 Å².